The summed E-state index contributed by atoms with van der Waals surface area (Å²) in [5.41, 5.74) is 0. The van der Waals surface area contributed by atoms with E-state index in [4.69, 9.17) is 4.74 Å². The molecule has 2 aliphatic heterocycles. The molecule has 64 valence electrons. The first kappa shape index (κ1) is 7.90. The Bertz CT molecular complexity index is 119. The zero-order chi connectivity index (χ0) is 7.52. The Balaban J connectivity index is 1.82. The lowest BCUT2D eigenvalue weighted by Crippen LogP contribution is -2.40. The number of thioether (sulfide) groups is 1. The third kappa shape index (κ3) is 1.89. The summed E-state index contributed by atoms with van der Waals surface area (Å²) in [5.74, 6) is 2.58. The molecule has 0 radical (unpaired) electrons. The fraction of sp³-hybridized carbons (Fsp3) is 1.00. The van der Waals surface area contributed by atoms with Gasteiger partial charge in [0.15, 0.2) is 0 Å². The molecule has 0 aromatic carbocycles. The second-order valence-electron chi connectivity index (χ2n) is 3.12. The van der Waals surface area contributed by atoms with Gasteiger partial charge in [0.25, 0.3) is 0 Å². The number of hydrogen-bond donors (Lipinski definition) is 0. The molecule has 2 aliphatic rings. The first-order valence-electron chi connectivity index (χ1n) is 4.40. The number of ether oxygens (including phenoxy) is 1. The Labute approximate surface area is 72.3 Å². The van der Waals surface area contributed by atoms with E-state index in [0.717, 1.165) is 6.61 Å². The van der Waals surface area contributed by atoms with Crippen molar-refractivity contribution in [3.05, 3.63) is 0 Å². The molecule has 11 heavy (non-hydrogen) atoms. The second-order valence-corrected chi connectivity index (χ2v) is 4.34. The van der Waals surface area contributed by atoms with Crippen molar-refractivity contribution >= 4 is 11.8 Å². The van der Waals surface area contributed by atoms with Gasteiger partial charge in [-0.3, -0.25) is 4.90 Å². The molecule has 2 rings (SSSR count). The molecule has 0 saturated carbocycles. The molecule has 2 saturated heterocycles. The summed E-state index contributed by atoms with van der Waals surface area (Å²) in [6.45, 7) is 3.44. The highest BCUT2D eigenvalue weighted by molar-refractivity contribution is 7.99. The Hall–Kier alpha value is 0.270. The lowest BCUT2D eigenvalue weighted by Gasteiger charge is -2.30. The summed E-state index contributed by atoms with van der Waals surface area (Å²) in [6.07, 6.45) is 2.98. The maximum Gasteiger partial charge on any atom is 0.110 e. The van der Waals surface area contributed by atoms with Gasteiger partial charge in [-0.1, -0.05) is 0 Å². The minimum atomic E-state index is 0.468. The van der Waals surface area contributed by atoms with Crippen LogP contribution in [0, 0.1) is 0 Å². The highest BCUT2D eigenvalue weighted by atomic mass is 32.2. The molecule has 0 aliphatic carbocycles. The van der Waals surface area contributed by atoms with Crippen molar-refractivity contribution in [3.63, 3.8) is 0 Å². The average molecular weight is 173 g/mol. The molecule has 0 N–H and O–H groups in total. The quantitative estimate of drug-likeness (QED) is 0.590. The normalized spacial score (nSPS) is 34.4. The monoisotopic (exact) mass is 173 g/mol. The molecular weight excluding hydrogens is 158 g/mol. The fourth-order valence-corrected chi connectivity index (χ4v) is 2.65. The smallest absolute Gasteiger partial charge is 0.110 e. The van der Waals surface area contributed by atoms with E-state index in [1.54, 1.807) is 0 Å². The van der Waals surface area contributed by atoms with Gasteiger partial charge in [-0.25, -0.2) is 0 Å². The van der Waals surface area contributed by atoms with Crippen LogP contribution in [0.1, 0.15) is 12.8 Å². The molecule has 3 heteroatoms. The fourth-order valence-electron chi connectivity index (χ4n) is 1.71. The van der Waals surface area contributed by atoms with E-state index >= 15 is 0 Å². The van der Waals surface area contributed by atoms with Gasteiger partial charge in [0.1, 0.15) is 6.23 Å². The van der Waals surface area contributed by atoms with Gasteiger partial charge in [0.2, 0.25) is 0 Å². The van der Waals surface area contributed by atoms with E-state index in [-0.39, 0.29) is 0 Å². The van der Waals surface area contributed by atoms with Gasteiger partial charge >= 0.3 is 0 Å². The van der Waals surface area contributed by atoms with Crippen LogP contribution in [0.5, 0.6) is 0 Å². The molecule has 0 aromatic heterocycles. The predicted octanol–water partition coefficient (Wildman–Crippen LogP) is 1.17. The standard InChI is InChI=1S/C8H15NOS/c1-2-8(10-5-1)9-3-6-11-7-4-9/h8H,1-7H2. The molecule has 0 amide bonds. The zero-order valence-corrected chi connectivity index (χ0v) is 7.61. The molecule has 2 heterocycles. The summed E-state index contributed by atoms with van der Waals surface area (Å²) < 4.78 is 5.61. The minimum Gasteiger partial charge on any atom is -0.363 e. The summed E-state index contributed by atoms with van der Waals surface area (Å²) in [4.78, 5) is 2.49. The Morgan fingerprint density at radius 1 is 1.27 bits per heavy atom. The largest absolute Gasteiger partial charge is 0.363 e. The second kappa shape index (κ2) is 3.78. The maximum absolute atomic E-state index is 5.61. The van der Waals surface area contributed by atoms with E-state index in [9.17, 15) is 0 Å². The van der Waals surface area contributed by atoms with Crippen LogP contribution in [0.3, 0.4) is 0 Å². The van der Waals surface area contributed by atoms with Crippen LogP contribution >= 0.6 is 11.8 Å². The van der Waals surface area contributed by atoms with E-state index in [1.165, 1.54) is 37.4 Å². The van der Waals surface area contributed by atoms with Crippen molar-refractivity contribution in [3.8, 4) is 0 Å². The van der Waals surface area contributed by atoms with Gasteiger partial charge in [-0.15, -0.1) is 0 Å². The van der Waals surface area contributed by atoms with Gasteiger partial charge < -0.3 is 4.74 Å². The van der Waals surface area contributed by atoms with Gasteiger partial charge in [-0.2, -0.15) is 11.8 Å². The van der Waals surface area contributed by atoms with E-state index in [0.29, 0.717) is 6.23 Å². The van der Waals surface area contributed by atoms with Crippen molar-refractivity contribution in [1.82, 2.24) is 4.90 Å². The van der Waals surface area contributed by atoms with Crippen molar-refractivity contribution in [2.24, 2.45) is 0 Å². The van der Waals surface area contributed by atoms with Gasteiger partial charge in [0.05, 0.1) is 0 Å². The molecular formula is C8H15NOS. The third-order valence-corrected chi connectivity index (χ3v) is 3.30. The van der Waals surface area contributed by atoms with Gasteiger partial charge in [-0.05, 0) is 12.8 Å². The van der Waals surface area contributed by atoms with Crippen LogP contribution in [-0.2, 0) is 4.74 Å². The first-order chi connectivity index (χ1) is 5.47. The summed E-state index contributed by atoms with van der Waals surface area (Å²) in [5, 5.41) is 0. The van der Waals surface area contributed by atoms with E-state index in [1.807, 2.05) is 0 Å². The Morgan fingerprint density at radius 2 is 2.09 bits per heavy atom. The van der Waals surface area contributed by atoms with E-state index < -0.39 is 0 Å². The summed E-state index contributed by atoms with van der Waals surface area (Å²) >= 11 is 2.06. The lowest BCUT2D eigenvalue weighted by atomic mass is 10.3. The number of rotatable bonds is 1. The SMILES string of the molecule is C1COC(N2CCSCC2)C1. The molecule has 2 fully saturated rings. The van der Waals surface area contributed by atoms with Crippen LogP contribution < -0.4 is 0 Å². The summed E-state index contributed by atoms with van der Waals surface area (Å²) in [6, 6.07) is 0. The van der Waals surface area contributed by atoms with Crippen molar-refractivity contribution in [1.29, 1.82) is 0 Å². The molecule has 1 unspecified atom stereocenters. The predicted molar refractivity (Wildman–Crippen MR) is 47.9 cm³/mol. The average Bonchev–Trinajstić information content (AvgIpc) is 2.58. The lowest BCUT2D eigenvalue weighted by molar-refractivity contribution is -0.0141. The molecule has 0 spiro atoms. The highest BCUT2D eigenvalue weighted by Gasteiger charge is 2.24. The van der Waals surface area contributed by atoms with Crippen molar-refractivity contribution < 1.29 is 4.74 Å². The third-order valence-electron chi connectivity index (χ3n) is 2.36. The van der Waals surface area contributed by atoms with Crippen LogP contribution in [0.2, 0.25) is 0 Å². The van der Waals surface area contributed by atoms with Crippen LogP contribution in [0.15, 0.2) is 0 Å². The van der Waals surface area contributed by atoms with Gasteiger partial charge in [0, 0.05) is 31.2 Å². The topological polar surface area (TPSA) is 12.5 Å². The first-order valence-corrected chi connectivity index (χ1v) is 5.56. The van der Waals surface area contributed by atoms with Crippen molar-refractivity contribution in [2.45, 2.75) is 19.1 Å². The zero-order valence-electron chi connectivity index (χ0n) is 6.79. The minimum absolute atomic E-state index is 0.468. The van der Waals surface area contributed by atoms with E-state index in [2.05, 4.69) is 16.7 Å². The van der Waals surface area contributed by atoms with Crippen LogP contribution in [0.25, 0.3) is 0 Å². The Kier molecular flexibility index (Phi) is 2.72. The molecule has 0 aromatic rings. The molecule has 2 nitrogen and oxygen atoms in total. The van der Waals surface area contributed by atoms with Crippen LogP contribution in [-0.4, -0.2) is 42.3 Å². The summed E-state index contributed by atoms with van der Waals surface area (Å²) in [7, 11) is 0. The Morgan fingerprint density at radius 3 is 2.73 bits per heavy atom. The van der Waals surface area contributed by atoms with Crippen LogP contribution in [0.4, 0.5) is 0 Å². The van der Waals surface area contributed by atoms with Crippen molar-refractivity contribution in [2.75, 3.05) is 31.2 Å². The number of nitrogens with zero attached hydrogens (tertiary/aromatic N) is 1. The molecule has 1 atom stereocenters. The molecule has 0 bridgehead atoms. The number of hydrogen-bond acceptors (Lipinski definition) is 3. The highest BCUT2D eigenvalue weighted by Crippen LogP contribution is 2.20. The maximum atomic E-state index is 5.61.